The zero-order valence-corrected chi connectivity index (χ0v) is 27.4. The van der Waals surface area contributed by atoms with E-state index >= 15 is 0 Å². The average Bonchev–Trinajstić information content (AvgIpc) is 3.00. The van der Waals surface area contributed by atoms with Gasteiger partial charge in [-0.3, -0.25) is 0 Å². The number of halogens is 3. The van der Waals surface area contributed by atoms with Crippen LogP contribution in [0.15, 0.2) is 148 Å². The summed E-state index contributed by atoms with van der Waals surface area (Å²) < 4.78 is 88.5. The molecule has 0 bridgehead atoms. The number of aryl methyl sites for hydroxylation is 1. The van der Waals surface area contributed by atoms with E-state index in [1.807, 2.05) is 19.1 Å². The normalized spacial score (nSPS) is 12.9. The summed E-state index contributed by atoms with van der Waals surface area (Å²) in [5.74, 6) is 0.830. The van der Waals surface area contributed by atoms with E-state index in [-0.39, 0.29) is 0 Å². The average molecular weight is 771 g/mol. The topological polar surface area (TPSA) is 166 Å². The first-order valence-corrected chi connectivity index (χ1v) is 19.8. The second kappa shape index (κ2) is 13.7. The third-order valence-corrected chi connectivity index (χ3v) is 16.9. The van der Waals surface area contributed by atoms with Crippen LogP contribution in [-0.4, -0.2) is 0 Å². The molecule has 0 saturated carbocycles. The van der Waals surface area contributed by atoms with E-state index in [1.54, 1.807) is 121 Å². The van der Waals surface area contributed by atoms with Gasteiger partial charge in [0.05, 0.1) is 0 Å². The standard InChI is InChI=1S/C31H25Cl2IO9S/c1-24-10-8-9-15-31(24)34(42-32(35,36)37)25-16-18-26(19-17-25)41-27-20-22-30(23-21-27)44(43-33(38,39)40,28-11-4-2-5-12-28)29-13-6-3-7-14-29/h2-23H,1H3. The molecule has 0 heterocycles. The zero-order valence-electron chi connectivity index (χ0n) is 22.9. The van der Waals surface area contributed by atoms with Crippen molar-refractivity contribution in [3.05, 3.63) is 146 Å². The molecule has 9 nitrogen and oxygen atoms in total. The van der Waals surface area contributed by atoms with Crippen molar-refractivity contribution in [2.24, 2.45) is 0 Å². The van der Waals surface area contributed by atoms with Crippen LogP contribution in [0.2, 0.25) is 0 Å². The molecule has 0 aliphatic heterocycles. The zero-order chi connectivity index (χ0) is 31.4. The van der Waals surface area contributed by atoms with E-state index in [4.69, 9.17) is 11.1 Å². The quantitative estimate of drug-likeness (QED) is 0.183. The van der Waals surface area contributed by atoms with Crippen molar-refractivity contribution in [1.82, 2.24) is 0 Å². The van der Waals surface area contributed by atoms with Crippen molar-refractivity contribution < 1.29 is 59.5 Å². The number of benzene rings is 5. The van der Waals surface area contributed by atoms with Crippen LogP contribution in [0.5, 0.6) is 11.5 Å². The Bertz CT molecular complexity index is 1630. The fraction of sp³-hybridized carbons (Fsp3) is 0.0323. The molecule has 0 aromatic heterocycles. The number of rotatable bonds is 11. The van der Waals surface area contributed by atoms with Gasteiger partial charge in [0.15, 0.2) is 0 Å². The van der Waals surface area contributed by atoms with Crippen LogP contribution in [0.3, 0.4) is 0 Å². The third-order valence-electron chi connectivity index (χ3n) is 6.12. The Balaban J connectivity index is 1.45. The molecule has 0 unspecified atom stereocenters. The van der Waals surface area contributed by atoms with Crippen molar-refractivity contribution in [1.29, 1.82) is 0 Å². The molecule has 230 valence electrons. The third kappa shape index (κ3) is 7.90. The van der Waals surface area contributed by atoms with Crippen molar-refractivity contribution in [3.63, 3.8) is 0 Å². The Morgan fingerprint density at radius 1 is 0.523 bits per heavy atom. The molecule has 5 rings (SSSR count). The van der Waals surface area contributed by atoms with Gasteiger partial charge in [-0.15, -0.1) is 0 Å². The van der Waals surface area contributed by atoms with Crippen LogP contribution >= 0.6 is 30.5 Å². The molecule has 5 aromatic carbocycles. The van der Waals surface area contributed by atoms with Gasteiger partial charge >= 0.3 is 219 Å². The Morgan fingerprint density at radius 2 is 0.977 bits per heavy atom. The van der Waals surface area contributed by atoms with E-state index in [9.17, 15) is 28.0 Å². The van der Waals surface area contributed by atoms with E-state index in [2.05, 4.69) is 0 Å². The van der Waals surface area contributed by atoms with Crippen LogP contribution in [0, 0.1) is 34.6 Å². The van der Waals surface area contributed by atoms with Gasteiger partial charge in [0.1, 0.15) is 0 Å². The number of hydrogen-bond acceptors (Lipinski definition) is 9. The molecule has 0 N–H and O–H groups in total. The summed E-state index contributed by atoms with van der Waals surface area (Å²) in [6.45, 7) is 1.82. The number of hydrogen-bond donors (Lipinski definition) is 0. The summed E-state index contributed by atoms with van der Waals surface area (Å²) in [7, 11) is -12.4. The van der Waals surface area contributed by atoms with Gasteiger partial charge in [0, 0.05) is 0 Å². The molecule has 0 spiro atoms. The first kappa shape index (κ1) is 32.6. The van der Waals surface area contributed by atoms with Gasteiger partial charge in [-0.1, -0.05) is 36.4 Å². The van der Waals surface area contributed by atoms with Gasteiger partial charge in [0.25, 0.3) is 0 Å². The Hall–Kier alpha value is -2.76. The minimum atomic E-state index is -4.82. The molecule has 0 atom stereocenters. The van der Waals surface area contributed by atoms with Gasteiger partial charge in [0.2, 0.25) is 0 Å². The van der Waals surface area contributed by atoms with Gasteiger partial charge < -0.3 is 0 Å². The van der Waals surface area contributed by atoms with Gasteiger partial charge in [-0.2, -0.15) is 14.0 Å². The fourth-order valence-corrected chi connectivity index (χ4v) is 14.3. The second-order valence-corrected chi connectivity index (χ2v) is 18.6. The molecular weight excluding hydrogens is 746 g/mol. The summed E-state index contributed by atoms with van der Waals surface area (Å²) in [5, 5.41) is 0. The first-order chi connectivity index (χ1) is 20.9. The maximum absolute atomic E-state index is 12.1. The summed E-state index contributed by atoms with van der Waals surface area (Å²) in [5.41, 5.74) is 0.814. The van der Waals surface area contributed by atoms with E-state index < -0.39 is 51.0 Å². The molecular formula is C31H25Cl2IO9S. The predicted octanol–water partition coefficient (Wildman–Crippen LogP) is 2.27. The molecule has 0 amide bonds. The molecule has 44 heavy (non-hydrogen) atoms. The maximum atomic E-state index is 12.1. The molecule has 5 aromatic rings. The van der Waals surface area contributed by atoms with E-state index in [0.29, 0.717) is 33.3 Å². The fourth-order valence-electron chi connectivity index (χ4n) is 4.31. The summed E-state index contributed by atoms with van der Waals surface area (Å²) >= 11 is -3.10. The second-order valence-electron chi connectivity index (χ2n) is 9.08. The Morgan fingerprint density at radius 3 is 1.45 bits per heavy atom. The molecule has 0 aliphatic rings. The van der Waals surface area contributed by atoms with Crippen molar-refractivity contribution in [2.75, 3.05) is 0 Å². The molecule has 0 fully saturated rings. The van der Waals surface area contributed by atoms with Crippen LogP contribution in [0.1, 0.15) is 5.56 Å². The molecule has 0 radical (unpaired) electrons. The van der Waals surface area contributed by atoms with Crippen LogP contribution in [-0.2, 0) is 6.35 Å². The first-order valence-electron chi connectivity index (χ1n) is 12.7. The van der Waals surface area contributed by atoms with Crippen LogP contribution < -0.4 is 32.7 Å². The molecule has 0 saturated heterocycles. The molecule has 0 aliphatic carbocycles. The number of ether oxygens (including phenoxy) is 1. The summed E-state index contributed by atoms with van der Waals surface area (Å²) in [6, 6.07) is 37.7. The monoisotopic (exact) mass is 770 g/mol. The van der Waals surface area contributed by atoms with Crippen LogP contribution in [0.25, 0.3) is 0 Å². The predicted molar refractivity (Wildman–Crippen MR) is 153 cm³/mol. The van der Waals surface area contributed by atoms with Crippen molar-refractivity contribution in [2.45, 2.75) is 21.6 Å². The Kier molecular flexibility index (Phi) is 10.2. The van der Waals surface area contributed by atoms with Crippen molar-refractivity contribution in [3.8, 4) is 11.5 Å². The SMILES string of the molecule is Cc1ccccc1I(O[Cl+3]([O-])([O-])[O-])c1ccc(Oc2ccc(S(O[Cl+3]([O-])([O-])[O-])(c3ccccc3)c3ccccc3)cc2)cc1. The van der Waals surface area contributed by atoms with Gasteiger partial charge in [-0.05, 0) is 0 Å². The molecule has 13 heteroatoms. The van der Waals surface area contributed by atoms with Gasteiger partial charge in [-0.25, -0.2) is 0 Å². The van der Waals surface area contributed by atoms with E-state index in [0.717, 1.165) is 5.56 Å². The van der Waals surface area contributed by atoms with E-state index in [1.165, 1.54) is 0 Å². The van der Waals surface area contributed by atoms with Crippen molar-refractivity contribution >= 4 is 30.5 Å². The van der Waals surface area contributed by atoms with Crippen LogP contribution in [0.4, 0.5) is 0 Å². The summed E-state index contributed by atoms with van der Waals surface area (Å²) in [4.78, 5) is 1.47. The summed E-state index contributed by atoms with van der Waals surface area (Å²) in [6.07, 6.45) is 0. The minimum absolute atomic E-state index is 0.407. The Labute approximate surface area is 267 Å².